The van der Waals surface area contributed by atoms with Crippen LogP contribution in [0.3, 0.4) is 0 Å². The Balaban J connectivity index is 1.45. The van der Waals surface area contributed by atoms with Gasteiger partial charge in [-0.15, -0.1) is 0 Å². The summed E-state index contributed by atoms with van der Waals surface area (Å²) in [7, 11) is 1.58. The molecule has 3 aromatic rings. The number of carbonyl (C=O) groups excluding carboxylic acids is 1. The second-order valence-electron chi connectivity index (χ2n) is 8.03. The number of hydrogen-bond donors (Lipinski definition) is 3. The minimum Gasteiger partial charge on any atom is -0.512 e. The number of pyridine rings is 1. The third-order valence-electron chi connectivity index (χ3n) is 5.59. The molecule has 2 aromatic heterocycles. The first-order valence-electron chi connectivity index (χ1n) is 11.3. The molecular weight excluding hydrogens is 446 g/mol. The number of methoxy groups -OCH3 is 1. The van der Waals surface area contributed by atoms with Crippen molar-refractivity contribution in [3.05, 3.63) is 101 Å². The van der Waals surface area contributed by atoms with Crippen LogP contribution in [0.5, 0.6) is 11.5 Å². The van der Waals surface area contributed by atoms with Crippen molar-refractivity contribution in [1.82, 2.24) is 10.3 Å². The Hall–Kier alpha value is -4.33. The van der Waals surface area contributed by atoms with Crippen LogP contribution in [-0.4, -0.2) is 34.9 Å². The molecule has 35 heavy (non-hydrogen) atoms. The monoisotopic (exact) mass is 473 g/mol. The van der Waals surface area contributed by atoms with Crippen molar-refractivity contribution in [3.8, 4) is 11.5 Å². The van der Waals surface area contributed by atoms with Gasteiger partial charge in [0.05, 0.1) is 18.9 Å². The first kappa shape index (κ1) is 23.8. The summed E-state index contributed by atoms with van der Waals surface area (Å²) in [5.74, 6) is 1.67. The summed E-state index contributed by atoms with van der Waals surface area (Å²) in [5, 5.41) is 21.9. The van der Waals surface area contributed by atoms with Gasteiger partial charge in [-0.3, -0.25) is 9.78 Å². The van der Waals surface area contributed by atoms with Gasteiger partial charge in [-0.1, -0.05) is 24.3 Å². The zero-order valence-corrected chi connectivity index (χ0v) is 19.4. The van der Waals surface area contributed by atoms with Gasteiger partial charge in [-0.2, -0.15) is 0 Å². The van der Waals surface area contributed by atoms with Crippen LogP contribution in [0, 0.1) is 5.41 Å². The molecule has 0 saturated heterocycles. The predicted molar refractivity (Wildman–Crippen MR) is 131 cm³/mol. The molecule has 8 heteroatoms. The van der Waals surface area contributed by atoms with Crippen LogP contribution >= 0.6 is 0 Å². The second-order valence-corrected chi connectivity index (χ2v) is 8.03. The molecule has 0 radical (unpaired) electrons. The first-order valence-corrected chi connectivity index (χ1v) is 11.3. The van der Waals surface area contributed by atoms with E-state index in [2.05, 4.69) is 10.3 Å². The zero-order chi connectivity index (χ0) is 24.6. The number of amides is 1. The Bertz CT molecular complexity index is 1250. The minimum atomic E-state index is -0.603. The fourth-order valence-corrected chi connectivity index (χ4v) is 3.74. The minimum absolute atomic E-state index is 0.118. The zero-order valence-electron chi connectivity index (χ0n) is 19.4. The fourth-order valence-electron chi connectivity index (χ4n) is 3.74. The van der Waals surface area contributed by atoms with Gasteiger partial charge in [-0.05, 0) is 36.8 Å². The molecule has 1 aliphatic carbocycles. The number of allylic oxidation sites excluding steroid dienone is 2. The highest BCUT2D eigenvalue weighted by Crippen LogP contribution is 2.24. The van der Waals surface area contributed by atoms with Crippen LogP contribution in [0.25, 0.3) is 0 Å². The van der Waals surface area contributed by atoms with Crippen molar-refractivity contribution >= 4 is 11.6 Å². The summed E-state index contributed by atoms with van der Waals surface area (Å²) >= 11 is 0. The predicted octanol–water partition coefficient (Wildman–Crippen LogP) is 4.98. The van der Waals surface area contributed by atoms with E-state index in [0.29, 0.717) is 40.5 Å². The quantitative estimate of drug-likeness (QED) is 0.358. The van der Waals surface area contributed by atoms with E-state index in [4.69, 9.17) is 19.3 Å². The molecule has 0 aliphatic heterocycles. The molecule has 0 bridgehead atoms. The molecule has 2 heterocycles. The Morgan fingerprint density at radius 3 is 2.86 bits per heavy atom. The molecule has 180 valence electrons. The van der Waals surface area contributed by atoms with Gasteiger partial charge in [0, 0.05) is 48.1 Å². The van der Waals surface area contributed by atoms with Crippen molar-refractivity contribution in [2.75, 3.05) is 7.11 Å². The van der Waals surface area contributed by atoms with Gasteiger partial charge in [-0.25, -0.2) is 0 Å². The van der Waals surface area contributed by atoms with Crippen molar-refractivity contribution < 1.29 is 23.8 Å². The number of nitrogens with one attached hydrogen (secondary N) is 2. The van der Waals surface area contributed by atoms with E-state index in [-0.39, 0.29) is 24.5 Å². The van der Waals surface area contributed by atoms with E-state index in [1.54, 1.807) is 62.0 Å². The fraction of sp³-hybridized carbons (Fsp3) is 0.222. The summed E-state index contributed by atoms with van der Waals surface area (Å²) < 4.78 is 16.6. The number of rotatable bonds is 10. The molecule has 0 saturated carbocycles. The van der Waals surface area contributed by atoms with E-state index >= 15 is 0 Å². The molecule has 0 spiro atoms. The SMILES string of the molecule is COc1cccc(OCc2ccc(C(=O)NC(CC(=N)c3cccnc3)C3=C(O)CCC=C3)o2)c1. The Kier molecular flexibility index (Phi) is 7.62. The molecule has 0 fully saturated rings. The first-order chi connectivity index (χ1) is 17.0. The lowest BCUT2D eigenvalue weighted by Crippen LogP contribution is -2.38. The Morgan fingerprint density at radius 2 is 2.09 bits per heavy atom. The highest BCUT2D eigenvalue weighted by Gasteiger charge is 2.24. The Morgan fingerprint density at radius 1 is 1.23 bits per heavy atom. The van der Waals surface area contributed by atoms with Crippen LogP contribution in [0.2, 0.25) is 0 Å². The van der Waals surface area contributed by atoms with Gasteiger partial charge in [0.15, 0.2) is 5.76 Å². The van der Waals surface area contributed by atoms with Crippen molar-refractivity contribution in [2.45, 2.75) is 31.9 Å². The highest BCUT2D eigenvalue weighted by atomic mass is 16.5. The van der Waals surface area contributed by atoms with Crippen molar-refractivity contribution in [2.24, 2.45) is 0 Å². The topological polar surface area (TPSA) is 118 Å². The molecule has 1 amide bonds. The second kappa shape index (κ2) is 11.2. The maximum Gasteiger partial charge on any atom is 0.287 e. The van der Waals surface area contributed by atoms with Gasteiger partial charge < -0.3 is 29.7 Å². The van der Waals surface area contributed by atoms with Crippen LogP contribution in [0.1, 0.15) is 41.1 Å². The largest absolute Gasteiger partial charge is 0.512 e. The molecule has 3 N–H and O–H groups in total. The molecule has 8 nitrogen and oxygen atoms in total. The number of aliphatic hydroxyl groups is 1. The number of hydrogen-bond acceptors (Lipinski definition) is 7. The molecule has 1 atom stereocenters. The summed E-state index contributed by atoms with van der Waals surface area (Å²) in [5.41, 5.74) is 1.54. The maximum absolute atomic E-state index is 13.0. The standard InChI is InChI=1S/C27H27N3O5/c1-33-19-7-4-8-20(14-19)34-17-21-11-12-26(35-21)27(32)30-24(22-9-2-3-10-25(22)31)15-23(28)18-6-5-13-29-16-18/h2,4-9,11-14,16,24,28,31H,3,10,15,17H2,1H3,(H,30,32). The number of furan rings is 1. The smallest absolute Gasteiger partial charge is 0.287 e. The van der Waals surface area contributed by atoms with E-state index < -0.39 is 11.9 Å². The normalized spacial score (nSPS) is 13.9. The van der Waals surface area contributed by atoms with E-state index in [9.17, 15) is 9.90 Å². The number of aliphatic hydroxyl groups excluding tert-OH is 1. The van der Waals surface area contributed by atoms with Gasteiger partial charge in [0.25, 0.3) is 5.91 Å². The summed E-state index contributed by atoms with van der Waals surface area (Å²) in [6, 6.07) is 13.4. The van der Waals surface area contributed by atoms with E-state index in [1.807, 2.05) is 18.2 Å². The summed E-state index contributed by atoms with van der Waals surface area (Å²) in [6.07, 6.45) is 8.40. The van der Waals surface area contributed by atoms with Crippen LogP contribution in [0.4, 0.5) is 0 Å². The van der Waals surface area contributed by atoms with E-state index in [0.717, 1.165) is 6.42 Å². The Labute approximate surface area is 203 Å². The number of nitrogens with zero attached hydrogens (tertiary/aromatic N) is 1. The number of ether oxygens (including phenoxy) is 2. The molecule has 1 aliphatic rings. The van der Waals surface area contributed by atoms with Gasteiger partial charge in [0.2, 0.25) is 0 Å². The molecular formula is C27H27N3O5. The summed E-state index contributed by atoms with van der Waals surface area (Å²) in [4.78, 5) is 17.1. The van der Waals surface area contributed by atoms with E-state index in [1.165, 1.54) is 0 Å². The third kappa shape index (κ3) is 6.17. The van der Waals surface area contributed by atoms with Crippen molar-refractivity contribution in [3.63, 3.8) is 0 Å². The average Bonchev–Trinajstić information content (AvgIpc) is 3.37. The molecule has 1 aromatic carbocycles. The molecule has 1 unspecified atom stereocenters. The number of carbonyl (C=O) groups is 1. The van der Waals surface area contributed by atoms with Crippen LogP contribution in [0.15, 0.2) is 88.8 Å². The molecule has 4 rings (SSSR count). The highest BCUT2D eigenvalue weighted by molar-refractivity contribution is 5.99. The lowest BCUT2D eigenvalue weighted by Gasteiger charge is -2.23. The van der Waals surface area contributed by atoms with Gasteiger partial charge in [0.1, 0.15) is 23.9 Å². The van der Waals surface area contributed by atoms with Gasteiger partial charge >= 0.3 is 0 Å². The number of benzene rings is 1. The lowest BCUT2D eigenvalue weighted by molar-refractivity contribution is 0.0911. The van der Waals surface area contributed by atoms with Crippen LogP contribution in [-0.2, 0) is 6.61 Å². The lowest BCUT2D eigenvalue weighted by atomic mass is 9.93. The number of aromatic nitrogens is 1. The average molecular weight is 474 g/mol. The third-order valence-corrected chi connectivity index (χ3v) is 5.59. The maximum atomic E-state index is 13.0. The van der Waals surface area contributed by atoms with Crippen molar-refractivity contribution in [1.29, 1.82) is 5.41 Å². The van der Waals surface area contributed by atoms with Crippen LogP contribution < -0.4 is 14.8 Å². The summed E-state index contributed by atoms with van der Waals surface area (Å²) in [6.45, 7) is 0.143.